The maximum Gasteiger partial charge on any atom is 0.252 e. The summed E-state index contributed by atoms with van der Waals surface area (Å²) in [6, 6.07) is 4.23. The van der Waals surface area contributed by atoms with Crippen molar-refractivity contribution in [2.45, 2.75) is 33.2 Å². The monoisotopic (exact) mass is 390 g/mol. The quantitative estimate of drug-likeness (QED) is 0.491. The van der Waals surface area contributed by atoms with Gasteiger partial charge < -0.3 is 26.8 Å². The van der Waals surface area contributed by atoms with Gasteiger partial charge in [-0.25, -0.2) is 14.4 Å². The number of aromatic nitrogens is 2. The number of nitrogens with zero attached hydrogens (tertiary/aromatic N) is 2. The molecule has 1 amide bonds. The largest absolute Gasteiger partial charge is 0.478 e. The van der Waals surface area contributed by atoms with Gasteiger partial charge in [-0.1, -0.05) is 13.8 Å². The molecule has 0 bridgehead atoms. The zero-order valence-electron chi connectivity index (χ0n) is 16.3. The van der Waals surface area contributed by atoms with E-state index in [1.165, 1.54) is 0 Å². The highest BCUT2D eigenvalue weighted by Crippen LogP contribution is 2.25. The first kappa shape index (κ1) is 21.4. The number of nitrogens with two attached hydrogens (primary N) is 2. The van der Waals surface area contributed by atoms with Gasteiger partial charge in [0.1, 0.15) is 5.82 Å². The van der Waals surface area contributed by atoms with Gasteiger partial charge in [-0.15, -0.1) is 0 Å². The van der Waals surface area contributed by atoms with E-state index >= 15 is 0 Å². The predicted octanol–water partition coefficient (Wildman–Crippen LogP) is 2.64. The van der Waals surface area contributed by atoms with Gasteiger partial charge in [-0.05, 0) is 31.4 Å². The van der Waals surface area contributed by atoms with Crippen LogP contribution in [0.1, 0.15) is 37.6 Å². The number of amides is 1. The number of ether oxygens (including phenoxy) is 1. The van der Waals surface area contributed by atoms with E-state index in [9.17, 15) is 9.18 Å². The highest BCUT2D eigenvalue weighted by atomic mass is 19.1. The van der Waals surface area contributed by atoms with E-state index in [2.05, 4.69) is 34.4 Å². The third-order valence-corrected chi connectivity index (χ3v) is 3.91. The van der Waals surface area contributed by atoms with Crippen LogP contribution in [0.15, 0.2) is 24.4 Å². The lowest BCUT2D eigenvalue weighted by Crippen LogP contribution is -2.31. The summed E-state index contributed by atoms with van der Waals surface area (Å²) in [4.78, 5) is 20.1. The van der Waals surface area contributed by atoms with Gasteiger partial charge in [-0.2, -0.15) is 0 Å². The molecule has 0 aliphatic rings. The van der Waals surface area contributed by atoms with Crippen molar-refractivity contribution < 1.29 is 13.9 Å². The average molecular weight is 390 g/mol. The normalized spacial score (nSPS) is 11.9. The zero-order chi connectivity index (χ0) is 20.7. The summed E-state index contributed by atoms with van der Waals surface area (Å²) >= 11 is 0. The van der Waals surface area contributed by atoms with Crippen molar-refractivity contribution >= 4 is 23.2 Å². The zero-order valence-corrected chi connectivity index (χ0v) is 16.3. The van der Waals surface area contributed by atoms with Crippen LogP contribution in [0.2, 0.25) is 0 Å². The molecule has 2 heterocycles. The SMILES string of the molecule is CCOc1cc(Nc2nc(N[C@@H](CN)CC(C)C)c(F)cc2C(N)=O)ccn1. The predicted molar refractivity (Wildman–Crippen MR) is 107 cm³/mol. The van der Waals surface area contributed by atoms with E-state index in [-0.39, 0.29) is 23.2 Å². The number of halogens is 1. The summed E-state index contributed by atoms with van der Waals surface area (Å²) in [6.07, 6.45) is 2.30. The molecule has 2 aromatic rings. The van der Waals surface area contributed by atoms with E-state index in [4.69, 9.17) is 16.2 Å². The Labute approximate surface area is 163 Å². The first-order valence-electron chi connectivity index (χ1n) is 9.16. The summed E-state index contributed by atoms with van der Waals surface area (Å²) in [6.45, 7) is 6.73. The summed E-state index contributed by atoms with van der Waals surface area (Å²) < 4.78 is 19.9. The molecule has 8 nitrogen and oxygen atoms in total. The molecule has 0 aliphatic carbocycles. The van der Waals surface area contributed by atoms with Gasteiger partial charge in [0.2, 0.25) is 5.88 Å². The molecule has 28 heavy (non-hydrogen) atoms. The van der Waals surface area contributed by atoms with Crippen LogP contribution in [0.3, 0.4) is 0 Å². The molecule has 2 aromatic heterocycles. The molecule has 0 spiro atoms. The number of carbonyl (C=O) groups is 1. The molecule has 1 atom stereocenters. The minimum Gasteiger partial charge on any atom is -0.478 e. The molecule has 0 saturated heterocycles. The first-order chi connectivity index (χ1) is 13.3. The molecule has 0 fully saturated rings. The fourth-order valence-corrected chi connectivity index (χ4v) is 2.70. The highest BCUT2D eigenvalue weighted by Gasteiger charge is 2.19. The lowest BCUT2D eigenvalue weighted by Gasteiger charge is -2.21. The fraction of sp³-hybridized carbons (Fsp3) is 0.421. The lowest BCUT2D eigenvalue weighted by molar-refractivity contribution is 0.100. The van der Waals surface area contributed by atoms with Gasteiger partial charge >= 0.3 is 0 Å². The van der Waals surface area contributed by atoms with E-state index < -0.39 is 11.7 Å². The second-order valence-corrected chi connectivity index (χ2v) is 6.73. The van der Waals surface area contributed by atoms with Gasteiger partial charge in [-0.3, -0.25) is 4.79 Å². The van der Waals surface area contributed by atoms with Crippen LogP contribution in [-0.2, 0) is 0 Å². The third kappa shape index (κ3) is 5.78. The van der Waals surface area contributed by atoms with Gasteiger partial charge in [0, 0.05) is 30.5 Å². The number of anilines is 3. The van der Waals surface area contributed by atoms with Crippen molar-refractivity contribution in [1.82, 2.24) is 9.97 Å². The number of pyridine rings is 2. The maximum atomic E-state index is 14.5. The molecule has 0 unspecified atom stereocenters. The average Bonchev–Trinajstić information content (AvgIpc) is 2.63. The van der Waals surface area contributed by atoms with Crippen LogP contribution in [0.5, 0.6) is 5.88 Å². The molecule has 9 heteroatoms. The van der Waals surface area contributed by atoms with Crippen molar-refractivity contribution in [3.05, 3.63) is 35.8 Å². The Morgan fingerprint density at radius 1 is 1.32 bits per heavy atom. The standard InChI is InChI=1S/C19H27FN6O2/c1-4-28-16-8-12(5-6-23-16)24-18-14(17(22)27)9-15(20)19(26-18)25-13(10-21)7-11(2)3/h5-6,8-9,11,13H,4,7,10,21H2,1-3H3,(H2,22,27)(H2,23,24,25,26)/t13-/m1/s1. The Kier molecular flexibility index (Phi) is 7.51. The summed E-state index contributed by atoms with van der Waals surface area (Å²) in [5, 5.41) is 5.99. The number of rotatable bonds is 10. The number of primary amides is 1. The van der Waals surface area contributed by atoms with Crippen LogP contribution in [0.25, 0.3) is 0 Å². The minimum absolute atomic E-state index is 0.00249. The first-order valence-corrected chi connectivity index (χ1v) is 9.16. The molecule has 0 aliphatic heterocycles. The molecule has 0 saturated carbocycles. The fourth-order valence-electron chi connectivity index (χ4n) is 2.70. The Hall–Kier alpha value is -2.94. The highest BCUT2D eigenvalue weighted by molar-refractivity contribution is 5.98. The van der Waals surface area contributed by atoms with E-state index in [0.717, 1.165) is 12.5 Å². The Balaban J connectivity index is 2.36. The van der Waals surface area contributed by atoms with Gasteiger partial charge in [0.05, 0.1) is 12.2 Å². The van der Waals surface area contributed by atoms with Crippen molar-refractivity contribution in [2.24, 2.45) is 17.4 Å². The van der Waals surface area contributed by atoms with Gasteiger partial charge in [0.25, 0.3) is 5.91 Å². The molecule has 0 aromatic carbocycles. The third-order valence-electron chi connectivity index (χ3n) is 3.91. The van der Waals surface area contributed by atoms with Crippen LogP contribution in [-0.4, -0.2) is 35.1 Å². The van der Waals surface area contributed by atoms with Crippen LogP contribution >= 0.6 is 0 Å². The molecular formula is C19H27FN6O2. The summed E-state index contributed by atoms with van der Waals surface area (Å²) in [5.74, 6) is -0.550. The number of nitrogens with one attached hydrogen (secondary N) is 2. The summed E-state index contributed by atoms with van der Waals surface area (Å²) in [5.41, 5.74) is 11.7. The van der Waals surface area contributed by atoms with Crippen molar-refractivity contribution in [3.63, 3.8) is 0 Å². The van der Waals surface area contributed by atoms with Crippen molar-refractivity contribution in [1.29, 1.82) is 0 Å². The summed E-state index contributed by atoms with van der Waals surface area (Å²) in [7, 11) is 0. The molecule has 6 N–H and O–H groups in total. The molecule has 0 radical (unpaired) electrons. The van der Waals surface area contributed by atoms with Gasteiger partial charge in [0.15, 0.2) is 11.6 Å². The van der Waals surface area contributed by atoms with Crippen LogP contribution < -0.4 is 26.8 Å². The Morgan fingerprint density at radius 3 is 2.68 bits per heavy atom. The second-order valence-electron chi connectivity index (χ2n) is 6.73. The number of hydrogen-bond donors (Lipinski definition) is 4. The Morgan fingerprint density at radius 2 is 2.07 bits per heavy atom. The van der Waals surface area contributed by atoms with E-state index in [1.807, 2.05) is 6.92 Å². The second kappa shape index (κ2) is 9.84. The van der Waals surface area contributed by atoms with E-state index in [1.54, 1.807) is 18.3 Å². The lowest BCUT2D eigenvalue weighted by atomic mass is 10.0. The molecular weight excluding hydrogens is 363 g/mol. The van der Waals surface area contributed by atoms with Crippen LogP contribution in [0.4, 0.5) is 21.7 Å². The number of carbonyl (C=O) groups excluding carboxylic acids is 1. The Bertz CT molecular complexity index is 815. The molecule has 2 rings (SSSR count). The topological polar surface area (TPSA) is 128 Å². The smallest absolute Gasteiger partial charge is 0.252 e. The minimum atomic E-state index is -0.794. The number of hydrogen-bond acceptors (Lipinski definition) is 7. The van der Waals surface area contributed by atoms with E-state index in [0.29, 0.717) is 30.6 Å². The molecule has 152 valence electrons. The van der Waals surface area contributed by atoms with Crippen molar-refractivity contribution in [3.8, 4) is 5.88 Å². The van der Waals surface area contributed by atoms with Crippen molar-refractivity contribution in [2.75, 3.05) is 23.8 Å². The van der Waals surface area contributed by atoms with Crippen LogP contribution in [0, 0.1) is 11.7 Å². The maximum absolute atomic E-state index is 14.5.